The monoisotopic (exact) mass is 343 g/mol. The molecule has 4 rings (SSSR count). The summed E-state index contributed by atoms with van der Waals surface area (Å²) >= 11 is 0. The van der Waals surface area contributed by atoms with Crippen molar-refractivity contribution in [3.05, 3.63) is 54.7 Å². The Morgan fingerprint density at radius 3 is 2.75 bits per heavy atom. The Balaban J connectivity index is 1.65. The fraction of sp³-hybridized carbons (Fsp3) is 0.312. The van der Waals surface area contributed by atoms with Crippen LogP contribution in [0.3, 0.4) is 0 Å². The van der Waals surface area contributed by atoms with Crippen LogP contribution >= 0.6 is 0 Å². The summed E-state index contributed by atoms with van der Waals surface area (Å²) in [5.41, 5.74) is 0.779. The lowest BCUT2D eigenvalue weighted by molar-refractivity contribution is 0.308. The molecule has 8 heteroatoms. The van der Waals surface area contributed by atoms with Gasteiger partial charge in [0.25, 0.3) is 0 Å². The molecule has 7 nitrogen and oxygen atoms in total. The first-order valence-electron chi connectivity index (χ1n) is 7.86. The van der Waals surface area contributed by atoms with Crippen molar-refractivity contribution >= 4 is 15.7 Å². The van der Waals surface area contributed by atoms with Crippen molar-refractivity contribution in [2.24, 2.45) is 0 Å². The summed E-state index contributed by atoms with van der Waals surface area (Å²) in [5, 5.41) is 8.47. The zero-order valence-corrected chi connectivity index (χ0v) is 13.8. The van der Waals surface area contributed by atoms with Gasteiger partial charge in [0, 0.05) is 37.6 Å². The molecule has 1 saturated heterocycles. The van der Waals surface area contributed by atoms with E-state index in [0.29, 0.717) is 13.1 Å². The highest BCUT2D eigenvalue weighted by Gasteiger charge is 2.32. The van der Waals surface area contributed by atoms with Crippen LogP contribution in [0.15, 0.2) is 53.8 Å². The Kier molecular flexibility index (Phi) is 3.78. The predicted molar refractivity (Wildman–Crippen MR) is 88.0 cm³/mol. The normalized spacial score (nSPS) is 19.6. The van der Waals surface area contributed by atoms with Crippen molar-refractivity contribution in [1.29, 1.82) is 0 Å². The van der Waals surface area contributed by atoms with Gasteiger partial charge in [0.15, 0.2) is 5.65 Å². The van der Waals surface area contributed by atoms with E-state index in [-0.39, 0.29) is 10.8 Å². The van der Waals surface area contributed by atoms with Crippen LogP contribution in [0.25, 0.3) is 5.65 Å². The van der Waals surface area contributed by atoms with Crippen LogP contribution in [0.5, 0.6) is 0 Å². The van der Waals surface area contributed by atoms with Crippen LogP contribution in [0.4, 0.5) is 0 Å². The standard InChI is InChI=1S/C16H17N5O2S/c22-24(23,14-6-8-17-9-7-14)20-10-3-4-13(12-20)16-19-18-15-5-1-2-11-21(15)16/h1-2,5-9,11,13H,3-4,10,12H2. The number of rotatable bonds is 3. The molecule has 0 saturated carbocycles. The average Bonchev–Trinajstić information content (AvgIpc) is 3.07. The smallest absolute Gasteiger partial charge is 0.243 e. The molecule has 0 amide bonds. The van der Waals surface area contributed by atoms with E-state index in [2.05, 4.69) is 15.2 Å². The fourth-order valence-corrected chi connectivity index (χ4v) is 4.68. The first-order chi connectivity index (χ1) is 11.7. The Morgan fingerprint density at radius 1 is 1.08 bits per heavy atom. The number of hydrogen-bond acceptors (Lipinski definition) is 5. The van der Waals surface area contributed by atoms with Gasteiger partial charge in [-0.15, -0.1) is 10.2 Å². The van der Waals surface area contributed by atoms with Crippen molar-refractivity contribution in [3.8, 4) is 0 Å². The molecule has 0 N–H and O–H groups in total. The molecule has 0 spiro atoms. The molecule has 1 fully saturated rings. The molecule has 1 aliphatic heterocycles. The van der Waals surface area contributed by atoms with Gasteiger partial charge in [0.2, 0.25) is 10.0 Å². The van der Waals surface area contributed by atoms with Crippen molar-refractivity contribution in [1.82, 2.24) is 23.9 Å². The van der Waals surface area contributed by atoms with Gasteiger partial charge in [-0.05, 0) is 37.1 Å². The summed E-state index contributed by atoms with van der Waals surface area (Å²) in [5.74, 6) is 0.855. The molecule has 0 bridgehead atoms. The summed E-state index contributed by atoms with van der Waals surface area (Å²) in [6.07, 6.45) is 6.62. The minimum Gasteiger partial charge on any atom is -0.286 e. The topological polar surface area (TPSA) is 80.5 Å². The molecular formula is C16H17N5O2S. The highest BCUT2D eigenvalue weighted by molar-refractivity contribution is 7.89. The SMILES string of the molecule is O=S(=O)(c1ccncc1)N1CCCC(c2nnc3ccccn23)C1. The van der Waals surface area contributed by atoms with Gasteiger partial charge in [-0.1, -0.05) is 6.07 Å². The predicted octanol–water partition coefficient (Wildman–Crippen LogP) is 1.69. The Labute approximate surface area is 140 Å². The zero-order chi connectivity index (χ0) is 16.6. The minimum atomic E-state index is -3.50. The van der Waals surface area contributed by atoms with Crippen LogP contribution in [-0.4, -0.2) is 45.4 Å². The van der Waals surface area contributed by atoms with E-state index >= 15 is 0 Å². The maximum Gasteiger partial charge on any atom is 0.243 e. The van der Waals surface area contributed by atoms with Crippen LogP contribution in [-0.2, 0) is 10.0 Å². The summed E-state index contributed by atoms with van der Waals surface area (Å²) in [7, 11) is -3.50. The second-order valence-electron chi connectivity index (χ2n) is 5.87. The van der Waals surface area contributed by atoms with Gasteiger partial charge in [-0.25, -0.2) is 8.42 Å². The van der Waals surface area contributed by atoms with Gasteiger partial charge in [-0.3, -0.25) is 9.38 Å². The minimum absolute atomic E-state index is 0.0350. The van der Waals surface area contributed by atoms with Crippen LogP contribution < -0.4 is 0 Å². The Morgan fingerprint density at radius 2 is 1.92 bits per heavy atom. The Bertz CT molecular complexity index is 955. The quantitative estimate of drug-likeness (QED) is 0.723. The third kappa shape index (κ3) is 2.57. The summed E-state index contributed by atoms with van der Waals surface area (Å²) in [6.45, 7) is 0.943. The Hall–Kier alpha value is -2.32. The number of piperidine rings is 1. The van der Waals surface area contributed by atoms with Crippen LogP contribution in [0.1, 0.15) is 24.6 Å². The first-order valence-corrected chi connectivity index (χ1v) is 9.30. The summed E-state index contributed by atoms with van der Waals surface area (Å²) in [6, 6.07) is 8.80. The van der Waals surface area contributed by atoms with Gasteiger partial charge in [0.1, 0.15) is 5.82 Å². The highest BCUT2D eigenvalue weighted by atomic mass is 32.2. The maximum absolute atomic E-state index is 12.8. The molecule has 4 heterocycles. The third-order valence-corrected chi connectivity index (χ3v) is 6.26. The summed E-state index contributed by atoms with van der Waals surface area (Å²) < 4.78 is 29.1. The number of fused-ring (bicyclic) bond motifs is 1. The molecule has 3 aromatic rings. The molecule has 0 aromatic carbocycles. The molecule has 124 valence electrons. The summed E-state index contributed by atoms with van der Waals surface area (Å²) in [4.78, 5) is 4.17. The average molecular weight is 343 g/mol. The largest absolute Gasteiger partial charge is 0.286 e. The second-order valence-corrected chi connectivity index (χ2v) is 7.81. The molecule has 0 aliphatic carbocycles. The molecule has 0 radical (unpaired) electrons. The molecular weight excluding hydrogens is 326 g/mol. The fourth-order valence-electron chi connectivity index (χ4n) is 3.17. The lowest BCUT2D eigenvalue weighted by Crippen LogP contribution is -2.39. The van der Waals surface area contributed by atoms with E-state index in [9.17, 15) is 8.42 Å². The van der Waals surface area contributed by atoms with E-state index < -0.39 is 10.0 Å². The van der Waals surface area contributed by atoms with Gasteiger partial charge >= 0.3 is 0 Å². The van der Waals surface area contributed by atoms with Gasteiger partial charge in [0.05, 0.1) is 4.90 Å². The number of nitrogens with zero attached hydrogens (tertiary/aromatic N) is 5. The number of aromatic nitrogens is 4. The maximum atomic E-state index is 12.8. The van der Waals surface area contributed by atoms with E-state index in [1.165, 1.54) is 24.5 Å². The lowest BCUT2D eigenvalue weighted by Gasteiger charge is -2.31. The highest BCUT2D eigenvalue weighted by Crippen LogP contribution is 2.29. The first kappa shape index (κ1) is 15.2. The number of sulfonamides is 1. The number of pyridine rings is 2. The zero-order valence-electron chi connectivity index (χ0n) is 13.0. The van der Waals surface area contributed by atoms with Crippen molar-refractivity contribution in [2.45, 2.75) is 23.7 Å². The molecule has 1 aliphatic rings. The molecule has 1 atom stereocenters. The van der Waals surface area contributed by atoms with E-state index in [1.807, 2.05) is 28.8 Å². The lowest BCUT2D eigenvalue weighted by atomic mass is 9.99. The van der Waals surface area contributed by atoms with Crippen molar-refractivity contribution < 1.29 is 8.42 Å². The van der Waals surface area contributed by atoms with E-state index in [4.69, 9.17) is 0 Å². The van der Waals surface area contributed by atoms with Crippen molar-refractivity contribution in [3.63, 3.8) is 0 Å². The van der Waals surface area contributed by atoms with E-state index in [0.717, 1.165) is 24.3 Å². The van der Waals surface area contributed by atoms with Crippen LogP contribution in [0, 0.1) is 0 Å². The van der Waals surface area contributed by atoms with Crippen LogP contribution in [0.2, 0.25) is 0 Å². The molecule has 24 heavy (non-hydrogen) atoms. The van der Waals surface area contributed by atoms with Crippen molar-refractivity contribution in [2.75, 3.05) is 13.1 Å². The second kappa shape index (κ2) is 5.95. The molecule has 1 unspecified atom stereocenters. The third-order valence-electron chi connectivity index (χ3n) is 4.38. The van der Waals surface area contributed by atoms with E-state index in [1.54, 1.807) is 4.31 Å². The molecule has 3 aromatic heterocycles. The number of hydrogen-bond donors (Lipinski definition) is 0. The van der Waals surface area contributed by atoms with Gasteiger partial charge < -0.3 is 0 Å². The van der Waals surface area contributed by atoms with Gasteiger partial charge in [-0.2, -0.15) is 4.31 Å².